The molecule has 1 N–H and O–H groups in total. The Labute approximate surface area is 217 Å². The Balaban J connectivity index is 0.000000258. The van der Waals surface area contributed by atoms with Crippen molar-refractivity contribution >= 4 is 80.7 Å². The number of hydrogen-bond donors (Lipinski definition) is 1. The van der Waals surface area contributed by atoms with E-state index in [4.69, 9.17) is 58.0 Å². The lowest BCUT2D eigenvalue weighted by Gasteiger charge is -2.03. The third-order valence-corrected chi connectivity index (χ3v) is 6.98. The van der Waals surface area contributed by atoms with Gasteiger partial charge in [-0.05, 0) is 22.9 Å². The van der Waals surface area contributed by atoms with E-state index in [0.29, 0.717) is 12.4 Å². The molecule has 0 radical (unpaired) electrons. The molecule has 0 aliphatic rings. The Morgan fingerprint density at radius 1 is 0.906 bits per heavy atom. The van der Waals surface area contributed by atoms with Gasteiger partial charge in [0.1, 0.15) is 10.0 Å². The predicted octanol–water partition coefficient (Wildman–Crippen LogP) is 6.86. The quantitative estimate of drug-likeness (QED) is 0.271. The lowest BCUT2D eigenvalue weighted by molar-refractivity contribution is 0.645. The predicted molar refractivity (Wildman–Crippen MR) is 137 cm³/mol. The highest BCUT2D eigenvalue weighted by Crippen LogP contribution is 2.16. The molecule has 0 amide bonds. The van der Waals surface area contributed by atoms with Crippen LogP contribution in [0.5, 0.6) is 0 Å². The molecular weight excluding hydrogens is 558 g/mol. The van der Waals surface area contributed by atoms with Gasteiger partial charge in [-0.3, -0.25) is 9.59 Å². The van der Waals surface area contributed by atoms with Crippen LogP contribution in [0, 0.1) is 0 Å². The fourth-order valence-corrected chi connectivity index (χ4v) is 3.87. The Bertz CT molecular complexity index is 1200. The van der Waals surface area contributed by atoms with Crippen LogP contribution >= 0.6 is 80.7 Å². The minimum atomic E-state index is -0.468. The monoisotopic (exact) mass is 572 g/mol. The summed E-state index contributed by atoms with van der Waals surface area (Å²) in [6.07, 6.45) is 2.64. The van der Waals surface area contributed by atoms with E-state index in [0.717, 1.165) is 4.88 Å². The molecule has 0 unspecified atom stereocenters. The van der Waals surface area contributed by atoms with E-state index in [-0.39, 0.29) is 33.1 Å². The van der Waals surface area contributed by atoms with Crippen LogP contribution in [-0.2, 0) is 12.4 Å². The highest BCUT2D eigenvalue weighted by atomic mass is 35.5. The molecule has 4 aromatic heterocycles. The highest BCUT2D eigenvalue weighted by molar-refractivity contribution is 7.10. The molecule has 0 aliphatic heterocycles. The average molecular weight is 575 g/mol. The second kappa shape index (κ2) is 14.7. The summed E-state index contributed by atoms with van der Waals surface area (Å²) in [5.41, 5.74) is -0.832. The standard InChI is InChI=1S/C9H6Cl2N2OS.C5H5ClS.C4H2Cl2N2O.CH4/c10-7-4-12-13(9(14)8(7)11)5-6-2-1-3-15-6;6-4-5-2-1-3-7-5;5-2-1-7-8-4(9)3(2)6;/h1-4H,5H2;1-3H,4H2;1H,(H,8,9);1H4. The molecule has 4 heterocycles. The number of nitrogens with zero attached hydrogens (tertiary/aromatic N) is 3. The van der Waals surface area contributed by atoms with E-state index >= 15 is 0 Å². The summed E-state index contributed by atoms with van der Waals surface area (Å²) in [6, 6.07) is 7.88. The summed E-state index contributed by atoms with van der Waals surface area (Å²) < 4.78 is 1.29. The summed E-state index contributed by atoms with van der Waals surface area (Å²) in [7, 11) is 0. The van der Waals surface area contributed by atoms with Crippen LogP contribution < -0.4 is 11.1 Å². The third kappa shape index (κ3) is 8.86. The zero-order chi connectivity index (χ0) is 22.8. The van der Waals surface area contributed by atoms with Crippen LogP contribution in [0.1, 0.15) is 17.2 Å². The van der Waals surface area contributed by atoms with E-state index in [9.17, 15) is 9.59 Å². The van der Waals surface area contributed by atoms with E-state index in [2.05, 4.69) is 15.3 Å². The molecule has 32 heavy (non-hydrogen) atoms. The van der Waals surface area contributed by atoms with Gasteiger partial charge in [0.25, 0.3) is 11.1 Å². The maximum atomic E-state index is 11.6. The van der Waals surface area contributed by atoms with Crippen LogP contribution in [-0.4, -0.2) is 20.0 Å². The molecule has 0 saturated heterocycles. The van der Waals surface area contributed by atoms with Crippen LogP contribution in [0.2, 0.25) is 20.1 Å². The van der Waals surface area contributed by atoms with Crippen molar-refractivity contribution in [3.8, 4) is 0 Å². The van der Waals surface area contributed by atoms with Crippen molar-refractivity contribution < 1.29 is 0 Å². The number of halogens is 5. The second-order valence-corrected chi connectivity index (χ2v) is 9.32. The molecular formula is C19H17Cl5N4O2S2. The molecule has 4 rings (SSSR count). The van der Waals surface area contributed by atoms with Gasteiger partial charge in [-0.2, -0.15) is 10.2 Å². The fourth-order valence-electron chi connectivity index (χ4n) is 1.86. The molecule has 13 heteroatoms. The number of nitrogens with one attached hydrogen (secondary N) is 1. The molecule has 0 spiro atoms. The van der Waals surface area contributed by atoms with Crippen molar-refractivity contribution in [3.05, 3.63) is 98.0 Å². The fraction of sp³-hybridized carbons (Fsp3) is 0.158. The van der Waals surface area contributed by atoms with Gasteiger partial charge in [0.05, 0.1) is 34.9 Å². The van der Waals surface area contributed by atoms with Gasteiger partial charge < -0.3 is 0 Å². The number of aromatic amines is 1. The first-order chi connectivity index (χ1) is 14.8. The molecule has 0 bridgehead atoms. The highest BCUT2D eigenvalue weighted by Gasteiger charge is 2.07. The molecule has 172 valence electrons. The van der Waals surface area contributed by atoms with Crippen molar-refractivity contribution in [2.75, 3.05) is 0 Å². The summed E-state index contributed by atoms with van der Waals surface area (Å²) in [5, 5.41) is 13.7. The van der Waals surface area contributed by atoms with Gasteiger partial charge in [0, 0.05) is 9.75 Å². The molecule has 0 aromatic carbocycles. The topological polar surface area (TPSA) is 80.6 Å². The summed E-state index contributed by atoms with van der Waals surface area (Å²) in [6.45, 7) is 0.424. The average Bonchev–Trinajstić information content (AvgIpc) is 3.47. The lowest BCUT2D eigenvalue weighted by atomic mass is 10.4. The van der Waals surface area contributed by atoms with E-state index < -0.39 is 5.56 Å². The normalized spacial score (nSPS) is 9.66. The van der Waals surface area contributed by atoms with Gasteiger partial charge in [0.2, 0.25) is 0 Å². The molecule has 0 fully saturated rings. The number of rotatable bonds is 3. The van der Waals surface area contributed by atoms with E-state index in [1.54, 1.807) is 22.7 Å². The van der Waals surface area contributed by atoms with Gasteiger partial charge in [0.15, 0.2) is 0 Å². The van der Waals surface area contributed by atoms with E-state index in [1.165, 1.54) is 22.0 Å². The van der Waals surface area contributed by atoms with Crippen molar-refractivity contribution in [2.45, 2.75) is 19.9 Å². The zero-order valence-corrected chi connectivity index (χ0v) is 20.8. The first kappa shape index (κ1) is 28.6. The first-order valence-corrected chi connectivity index (χ1v) is 12.0. The number of H-pyrrole nitrogens is 1. The van der Waals surface area contributed by atoms with Crippen molar-refractivity contribution in [1.82, 2.24) is 20.0 Å². The number of thiophene rings is 2. The van der Waals surface area contributed by atoms with Gasteiger partial charge in [-0.1, -0.05) is 66.0 Å². The summed E-state index contributed by atoms with van der Waals surface area (Å²) in [5.74, 6) is 0.650. The Kier molecular flexibility index (Phi) is 13.2. The van der Waals surface area contributed by atoms with Gasteiger partial charge in [-0.25, -0.2) is 9.78 Å². The zero-order valence-electron chi connectivity index (χ0n) is 15.4. The minimum Gasteiger partial charge on any atom is -0.266 e. The SMILES string of the molecule is C.ClCc1cccs1.O=c1[nH]ncc(Cl)c1Cl.O=c1c(Cl)c(Cl)cnn1Cc1cccs1. The molecule has 0 aliphatic carbocycles. The summed E-state index contributed by atoms with van der Waals surface area (Å²) >= 11 is 30.9. The van der Waals surface area contributed by atoms with Gasteiger partial charge >= 0.3 is 0 Å². The van der Waals surface area contributed by atoms with Gasteiger partial charge in [-0.15, -0.1) is 34.3 Å². The van der Waals surface area contributed by atoms with Crippen LogP contribution in [0.3, 0.4) is 0 Å². The van der Waals surface area contributed by atoms with Crippen LogP contribution in [0.25, 0.3) is 0 Å². The van der Waals surface area contributed by atoms with Crippen molar-refractivity contribution in [1.29, 1.82) is 0 Å². The Morgan fingerprint density at radius 3 is 1.97 bits per heavy atom. The summed E-state index contributed by atoms with van der Waals surface area (Å²) in [4.78, 5) is 24.4. The Morgan fingerprint density at radius 2 is 1.50 bits per heavy atom. The maximum Gasteiger partial charge on any atom is 0.287 e. The molecule has 0 atom stereocenters. The molecule has 4 aromatic rings. The maximum absolute atomic E-state index is 11.6. The largest absolute Gasteiger partial charge is 0.287 e. The van der Waals surface area contributed by atoms with Crippen LogP contribution in [0.15, 0.2) is 57.0 Å². The first-order valence-electron chi connectivity index (χ1n) is 8.24. The van der Waals surface area contributed by atoms with Crippen LogP contribution in [0.4, 0.5) is 0 Å². The lowest BCUT2D eigenvalue weighted by Crippen LogP contribution is -2.23. The number of aromatic nitrogens is 4. The Hall–Kier alpha value is -1.39. The van der Waals surface area contributed by atoms with E-state index in [1.807, 2.05) is 35.0 Å². The number of alkyl halides is 1. The number of hydrogen-bond acceptors (Lipinski definition) is 6. The molecule has 0 saturated carbocycles. The van der Waals surface area contributed by atoms with Crippen molar-refractivity contribution in [3.63, 3.8) is 0 Å². The molecule has 6 nitrogen and oxygen atoms in total. The second-order valence-electron chi connectivity index (χ2n) is 5.42. The smallest absolute Gasteiger partial charge is 0.266 e. The minimum absolute atomic E-state index is 0. The third-order valence-electron chi connectivity index (χ3n) is 3.29. The van der Waals surface area contributed by atoms with Crippen molar-refractivity contribution in [2.24, 2.45) is 0 Å².